The Hall–Kier alpha value is -2.25. The number of carbonyl (C=O) groups excluding carboxylic acids is 1. The van der Waals surface area contributed by atoms with Crippen molar-refractivity contribution >= 4 is 16.0 Å². The molecule has 0 bridgehead atoms. The third-order valence-corrected chi connectivity index (χ3v) is 6.76. The molecule has 0 amide bonds. The maximum Gasteiger partial charge on any atom is 0.338 e. The maximum atomic E-state index is 12.9. The minimum atomic E-state index is -3.58. The smallest absolute Gasteiger partial charge is 0.338 e. The molecular weight excluding hydrogens is 376 g/mol. The zero-order valence-corrected chi connectivity index (χ0v) is 16.7. The third kappa shape index (κ3) is 5.39. The Balaban J connectivity index is 1.59. The highest BCUT2D eigenvalue weighted by molar-refractivity contribution is 7.89. The molecular formula is C21H26N2O4S. The average Bonchev–Trinajstić information content (AvgIpc) is 3.02. The summed E-state index contributed by atoms with van der Waals surface area (Å²) in [5, 5.41) is 0. The van der Waals surface area contributed by atoms with Crippen LogP contribution in [0.25, 0.3) is 0 Å². The molecule has 150 valence electrons. The summed E-state index contributed by atoms with van der Waals surface area (Å²) in [5.41, 5.74) is 1.40. The Bertz CT molecular complexity index is 876. The number of aryl methyl sites for hydroxylation is 1. The van der Waals surface area contributed by atoms with E-state index in [1.165, 1.54) is 10.4 Å². The molecule has 1 aliphatic heterocycles. The molecule has 7 heteroatoms. The van der Waals surface area contributed by atoms with Crippen molar-refractivity contribution in [3.05, 3.63) is 59.9 Å². The van der Waals surface area contributed by atoms with E-state index in [4.69, 9.17) is 4.74 Å². The van der Waals surface area contributed by atoms with Crippen molar-refractivity contribution in [2.75, 3.05) is 19.7 Å². The SMILES string of the molecule is O=C(OCCCc1ccncc1)c1cccc(S(=O)(=O)N2CCCCCC2)c1. The molecule has 1 aliphatic rings. The number of hydrogen-bond donors (Lipinski definition) is 0. The lowest BCUT2D eigenvalue weighted by atomic mass is 10.1. The first-order chi connectivity index (χ1) is 13.6. The van der Waals surface area contributed by atoms with E-state index in [9.17, 15) is 13.2 Å². The van der Waals surface area contributed by atoms with Crippen LogP contribution >= 0.6 is 0 Å². The number of hydrogen-bond acceptors (Lipinski definition) is 5. The third-order valence-electron chi connectivity index (χ3n) is 4.86. The minimum Gasteiger partial charge on any atom is -0.462 e. The van der Waals surface area contributed by atoms with Crippen LogP contribution in [0.2, 0.25) is 0 Å². The summed E-state index contributed by atoms with van der Waals surface area (Å²) in [5.74, 6) is -0.498. The second kappa shape index (κ2) is 9.80. The number of carbonyl (C=O) groups is 1. The maximum absolute atomic E-state index is 12.9. The van der Waals surface area contributed by atoms with Crippen LogP contribution in [0.4, 0.5) is 0 Å². The fourth-order valence-electron chi connectivity index (χ4n) is 3.29. The van der Waals surface area contributed by atoms with Crippen LogP contribution in [-0.4, -0.2) is 43.4 Å². The number of pyridine rings is 1. The van der Waals surface area contributed by atoms with Crippen LogP contribution in [0, 0.1) is 0 Å². The average molecular weight is 403 g/mol. The van der Waals surface area contributed by atoms with Gasteiger partial charge in [-0.25, -0.2) is 13.2 Å². The van der Waals surface area contributed by atoms with Gasteiger partial charge in [0.15, 0.2) is 0 Å². The van der Waals surface area contributed by atoms with Crippen LogP contribution in [0.15, 0.2) is 53.7 Å². The summed E-state index contributed by atoms with van der Waals surface area (Å²) in [6.07, 6.45) is 8.81. The number of esters is 1. The Morgan fingerprint density at radius 3 is 2.46 bits per heavy atom. The van der Waals surface area contributed by atoms with Gasteiger partial charge in [-0.2, -0.15) is 4.31 Å². The number of benzene rings is 1. The van der Waals surface area contributed by atoms with Gasteiger partial charge < -0.3 is 4.74 Å². The molecule has 2 heterocycles. The van der Waals surface area contributed by atoms with Gasteiger partial charge in [0.05, 0.1) is 17.1 Å². The highest BCUT2D eigenvalue weighted by Crippen LogP contribution is 2.21. The highest BCUT2D eigenvalue weighted by Gasteiger charge is 2.25. The molecule has 1 fully saturated rings. The summed E-state index contributed by atoms with van der Waals surface area (Å²) >= 11 is 0. The predicted molar refractivity (Wildman–Crippen MR) is 107 cm³/mol. The van der Waals surface area contributed by atoms with Crippen molar-refractivity contribution in [3.63, 3.8) is 0 Å². The Morgan fingerprint density at radius 1 is 1.04 bits per heavy atom. The van der Waals surface area contributed by atoms with Crippen molar-refractivity contribution in [1.29, 1.82) is 0 Å². The zero-order chi connectivity index (χ0) is 19.8. The van der Waals surface area contributed by atoms with Gasteiger partial charge in [0, 0.05) is 25.5 Å². The number of aromatic nitrogens is 1. The van der Waals surface area contributed by atoms with E-state index in [0.717, 1.165) is 37.7 Å². The van der Waals surface area contributed by atoms with E-state index in [1.54, 1.807) is 30.6 Å². The minimum absolute atomic E-state index is 0.153. The topological polar surface area (TPSA) is 76.6 Å². The second-order valence-corrected chi connectivity index (χ2v) is 8.88. The fourth-order valence-corrected chi connectivity index (χ4v) is 4.85. The Kier molecular flexibility index (Phi) is 7.17. The molecule has 0 unspecified atom stereocenters. The molecule has 1 aromatic heterocycles. The summed E-state index contributed by atoms with van der Waals surface area (Å²) in [7, 11) is -3.58. The van der Waals surface area contributed by atoms with E-state index >= 15 is 0 Å². The van der Waals surface area contributed by atoms with E-state index in [-0.39, 0.29) is 17.1 Å². The molecule has 0 N–H and O–H groups in total. The Morgan fingerprint density at radius 2 is 1.75 bits per heavy atom. The van der Waals surface area contributed by atoms with Crippen LogP contribution < -0.4 is 0 Å². The molecule has 0 spiro atoms. The molecule has 0 atom stereocenters. The quantitative estimate of drug-likeness (QED) is 0.524. The molecule has 6 nitrogen and oxygen atoms in total. The largest absolute Gasteiger partial charge is 0.462 e. The first-order valence-corrected chi connectivity index (χ1v) is 11.2. The van der Waals surface area contributed by atoms with E-state index in [0.29, 0.717) is 19.5 Å². The first kappa shape index (κ1) is 20.5. The summed E-state index contributed by atoms with van der Waals surface area (Å²) in [6, 6.07) is 10.0. The van der Waals surface area contributed by atoms with Gasteiger partial charge in [0.1, 0.15) is 0 Å². The van der Waals surface area contributed by atoms with Crippen LogP contribution in [0.3, 0.4) is 0 Å². The molecule has 0 saturated carbocycles. The highest BCUT2D eigenvalue weighted by atomic mass is 32.2. The van der Waals surface area contributed by atoms with E-state index in [2.05, 4.69) is 4.98 Å². The molecule has 28 heavy (non-hydrogen) atoms. The molecule has 1 saturated heterocycles. The van der Waals surface area contributed by atoms with Crippen molar-refractivity contribution in [3.8, 4) is 0 Å². The van der Waals surface area contributed by atoms with Crippen molar-refractivity contribution in [2.45, 2.75) is 43.4 Å². The van der Waals surface area contributed by atoms with Crippen molar-refractivity contribution in [2.24, 2.45) is 0 Å². The monoisotopic (exact) mass is 402 g/mol. The second-order valence-electron chi connectivity index (χ2n) is 6.94. The van der Waals surface area contributed by atoms with Gasteiger partial charge >= 0.3 is 5.97 Å². The van der Waals surface area contributed by atoms with Crippen molar-refractivity contribution in [1.82, 2.24) is 9.29 Å². The van der Waals surface area contributed by atoms with E-state index < -0.39 is 16.0 Å². The van der Waals surface area contributed by atoms with Gasteiger partial charge in [0.2, 0.25) is 10.0 Å². The number of nitrogens with zero attached hydrogens (tertiary/aromatic N) is 2. The first-order valence-electron chi connectivity index (χ1n) is 9.73. The molecule has 0 aliphatic carbocycles. The lowest BCUT2D eigenvalue weighted by molar-refractivity contribution is 0.0500. The van der Waals surface area contributed by atoms with Crippen molar-refractivity contribution < 1.29 is 17.9 Å². The summed E-state index contributed by atoms with van der Waals surface area (Å²) in [4.78, 5) is 16.4. The fraction of sp³-hybridized carbons (Fsp3) is 0.429. The number of sulfonamides is 1. The molecule has 0 radical (unpaired) electrons. The molecule has 2 aromatic rings. The van der Waals surface area contributed by atoms with E-state index in [1.807, 2.05) is 12.1 Å². The summed E-state index contributed by atoms with van der Waals surface area (Å²) in [6.45, 7) is 1.35. The summed E-state index contributed by atoms with van der Waals surface area (Å²) < 4.78 is 32.6. The standard InChI is InChI=1S/C21H26N2O4S/c24-21(27-16-6-7-18-10-12-22-13-11-18)19-8-5-9-20(17-19)28(25,26)23-14-3-1-2-4-15-23/h5,8-13,17H,1-4,6-7,14-16H2. The van der Waals surface area contributed by atoms with Gasteiger partial charge in [-0.1, -0.05) is 18.9 Å². The lowest BCUT2D eigenvalue weighted by Gasteiger charge is -2.20. The predicted octanol–water partition coefficient (Wildman–Crippen LogP) is 3.44. The zero-order valence-electron chi connectivity index (χ0n) is 15.9. The van der Waals surface area contributed by atoms with Crippen LogP contribution in [0.5, 0.6) is 0 Å². The van der Waals surface area contributed by atoms with Crippen LogP contribution in [0.1, 0.15) is 48.0 Å². The Labute approximate surface area is 166 Å². The van der Waals surface area contributed by atoms with Gasteiger partial charge in [0.25, 0.3) is 0 Å². The molecule has 3 rings (SSSR count). The van der Waals surface area contributed by atoms with Crippen LogP contribution in [-0.2, 0) is 21.2 Å². The van der Waals surface area contributed by atoms with Gasteiger partial charge in [-0.15, -0.1) is 0 Å². The van der Waals surface area contributed by atoms with Gasteiger partial charge in [-0.3, -0.25) is 4.98 Å². The molecule has 1 aromatic carbocycles. The van der Waals surface area contributed by atoms with Gasteiger partial charge in [-0.05, 0) is 61.6 Å². The number of rotatable bonds is 7. The normalized spacial score (nSPS) is 15.7. The lowest BCUT2D eigenvalue weighted by Crippen LogP contribution is -2.32. The number of ether oxygens (including phenoxy) is 1.